The smallest absolute Gasteiger partial charge is 0.0207 e. The molecular formula is C13H26N2. The third-order valence-corrected chi connectivity index (χ3v) is 4.07. The van der Waals surface area contributed by atoms with Gasteiger partial charge in [-0.2, -0.15) is 0 Å². The molecule has 1 aliphatic heterocycles. The molecule has 88 valence electrons. The summed E-state index contributed by atoms with van der Waals surface area (Å²) in [5, 5.41) is 3.73. The Morgan fingerprint density at radius 1 is 1.20 bits per heavy atom. The molecule has 1 saturated heterocycles. The Kier molecular flexibility index (Phi) is 4.04. The zero-order valence-corrected chi connectivity index (χ0v) is 10.3. The molecule has 1 saturated carbocycles. The van der Waals surface area contributed by atoms with E-state index in [1.807, 2.05) is 0 Å². The van der Waals surface area contributed by atoms with Crippen molar-refractivity contribution in [3.63, 3.8) is 0 Å². The number of nitrogens with zero attached hydrogens (tertiary/aromatic N) is 1. The highest BCUT2D eigenvalue weighted by molar-refractivity contribution is 4.86. The predicted octanol–water partition coefficient (Wildman–Crippen LogP) is 2.25. The maximum atomic E-state index is 3.73. The van der Waals surface area contributed by atoms with Gasteiger partial charge in [0.2, 0.25) is 0 Å². The molecule has 0 aromatic carbocycles. The lowest BCUT2D eigenvalue weighted by atomic mass is 10.1. The van der Waals surface area contributed by atoms with Crippen molar-refractivity contribution in [3.8, 4) is 0 Å². The number of rotatable bonds is 6. The normalized spacial score (nSPS) is 27.8. The Morgan fingerprint density at radius 3 is 2.53 bits per heavy atom. The van der Waals surface area contributed by atoms with Crippen LogP contribution < -0.4 is 5.32 Å². The van der Waals surface area contributed by atoms with Crippen LogP contribution in [0.5, 0.6) is 0 Å². The van der Waals surface area contributed by atoms with Crippen molar-refractivity contribution in [1.82, 2.24) is 10.2 Å². The van der Waals surface area contributed by atoms with Crippen molar-refractivity contribution in [3.05, 3.63) is 0 Å². The highest BCUT2D eigenvalue weighted by Gasteiger charge is 2.28. The molecule has 0 radical (unpaired) electrons. The number of nitrogens with one attached hydrogen (secondary N) is 1. The van der Waals surface area contributed by atoms with Crippen molar-refractivity contribution in [1.29, 1.82) is 0 Å². The van der Waals surface area contributed by atoms with Gasteiger partial charge in [-0.1, -0.05) is 13.8 Å². The lowest BCUT2D eigenvalue weighted by Crippen LogP contribution is -2.37. The van der Waals surface area contributed by atoms with Crippen molar-refractivity contribution in [2.24, 2.45) is 5.92 Å². The van der Waals surface area contributed by atoms with E-state index >= 15 is 0 Å². The van der Waals surface area contributed by atoms with Crippen molar-refractivity contribution in [2.75, 3.05) is 19.6 Å². The molecule has 15 heavy (non-hydrogen) atoms. The summed E-state index contributed by atoms with van der Waals surface area (Å²) in [6.45, 7) is 8.52. The zero-order chi connectivity index (χ0) is 10.7. The van der Waals surface area contributed by atoms with E-state index in [1.54, 1.807) is 0 Å². The summed E-state index contributed by atoms with van der Waals surface area (Å²) >= 11 is 0. The minimum atomic E-state index is 0.784. The fourth-order valence-electron chi connectivity index (χ4n) is 2.75. The monoisotopic (exact) mass is 210 g/mol. The van der Waals surface area contributed by atoms with Gasteiger partial charge in [0, 0.05) is 25.2 Å². The largest absolute Gasteiger partial charge is 0.312 e. The average molecular weight is 210 g/mol. The molecule has 0 spiro atoms. The van der Waals surface area contributed by atoms with Gasteiger partial charge in [-0.05, 0) is 44.6 Å². The molecule has 0 aromatic rings. The molecule has 1 heterocycles. The van der Waals surface area contributed by atoms with Crippen LogP contribution >= 0.6 is 0 Å². The Bertz CT molecular complexity index is 185. The summed E-state index contributed by atoms with van der Waals surface area (Å²) in [4.78, 5) is 2.69. The molecule has 1 N–H and O–H groups in total. The van der Waals surface area contributed by atoms with E-state index in [0.717, 1.165) is 18.0 Å². The van der Waals surface area contributed by atoms with Gasteiger partial charge in [0.15, 0.2) is 0 Å². The first-order valence-electron chi connectivity index (χ1n) is 6.80. The minimum Gasteiger partial charge on any atom is -0.312 e. The molecule has 0 bridgehead atoms. The Morgan fingerprint density at radius 2 is 1.93 bits per heavy atom. The molecule has 2 nitrogen and oxygen atoms in total. The van der Waals surface area contributed by atoms with Crippen LogP contribution in [0.2, 0.25) is 0 Å². The fraction of sp³-hybridized carbons (Fsp3) is 1.00. The number of hydrogen-bond acceptors (Lipinski definition) is 2. The molecule has 2 fully saturated rings. The van der Waals surface area contributed by atoms with E-state index < -0.39 is 0 Å². The first-order valence-corrected chi connectivity index (χ1v) is 6.80. The van der Waals surface area contributed by atoms with Gasteiger partial charge in [0.05, 0.1) is 0 Å². The molecule has 2 aliphatic rings. The Balaban J connectivity index is 1.68. The Hall–Kier alpha value is -0.0800. The highest BCUT2D eigenvalue weighted by atomic mass is 15.2. The van der Waals surface area contributed by atoms with Crippen LogP contribution in [-0.2, 0) is 0 Å². The van der Waals surface area contributed by atoms with Crippen molar-refractivity contribution in [2.45, 2.75) is 58.0 Å². The van der Waals surface area contributed by atoms with Crippen LogP contribution in [0, 0.1) is 5.92 Å². The first-order chi connectivity index (χ1) is 7.33. The highest BCUT2D eigenvalue weighted by Crippen LogP contribution is 2.28. The third-order valence-electron chi connectivity index (χ3n) is 4.07. The lowest BCUT2D eigenvalue weighted by Gasteiger charge is -2.25. The summed E-state index contributed by atoms with van der Waals surface area (Å²) in [5.74, 6) is 1.02. The molecule has 0 amide bonds. The van der Waals surface area contributed by atoms with E-state index in [0.29, 0.717) is 0 Å². The van der Waals surface area contributed by atoms with Crippen LogP contribution in [0.25, 0.3) is 0 Å². The van der Waals surface area contributed by atoms with Crippen LogP contribution in [0.15, 0.2) is 0 Å². The van der Waals surface area contributed by atoms with E-state index in [2.05, 4.69) is 24.1 Å². The molecule has 2 heteroatoms. The van der Waals surface area contributed by atoms with Crippen LogP contribution in [0.4, 0.5) is 0 Å². The van der Waals surface area contributed by atoms with Crippen LogP contribution in [-0.4, -0.2) is 36.6 Å². The molecule has 1 aliphatic carbocycles. The van der Waals surface area contributed by atoms with Crippen LogP contribution in [0.1, 0.15) is 46.0 Å². The molecule has 1 unspecified atom stereocenters. The second-order valence-corrected chi connectivity index (χ2v) is 5.30. The number of likely N-dealkylation sites (tertiary alicyclic amines) is 1. The van der Waals surface area contributed by atoms with Crippen molar-refractivity contribution >= 4 is 0 Å². The third kappa shape index (κ3) is 3.18. The lowest BCUT2D eigenvalue weighted by molar-refractivity contribution is 0.224. The summed E-state index contributed by atoms with van der Waals surface area (Å²) < 4.78 is 0. The summed E-state index contributed by atoms with van der Waals surface area (Å²) in [5.41, 5.74) is 0. The first kappa shape index (κ1) is 11.4. The quantitative estimate of drug-likeness (QED) is 0.723. The summed E-state index contributed by atoms with van der Waals surface area (Å²) in [6.07, 6.45) is 6.92. The molecular weight excluding hydrogens is 184 g/mol. The standard InChI is InChI=1S/C13H26N2/c1-3-13(4-2)15-8-7-12(10-15)14-9-11-5-6-11/h11-14H,3-10H2,1-2H3. The van der Waals surface area contributed by atoms with Gasteiger partial charge >= 0.3 is 0 Å². The maximum absolute atomic E-state index is 3.73. The second kappa shape index (κ2) is 5.31. The van der Waals surface area contributed by atoms with E-state index in [1.165, 1.54) is 51.7 Å². The van der Waals surface area contributed by atoms with E-state index in [4.69, 9.17) is 0 Å². The van der Waals surface area contributed by atoms with Crippen LogP contribution in [0.3, 0.4) is 0 Å². The fourth-order valence-corrected chi connectivity index (χ4v) is 2.75. The van der Waals surface area contributed by atoms with Gasteiger partial charge in [-0.25, -0.2) is 0 Å². The minimum absolute atomic E-state index is 0.784. The SMILES string of the molecule is CCC(CC)N1CCC(NCC2CC2)C1. The van der Waals surface area contributed by atoms with Gasteiger partial charge in [0.25, 0.3) is 0 Å². The average Bonchev–Trinajstić information content (AvgIpc) is 2.97. The molecule has 1 atom stereocenters. The van der Waals surface area contributed by atoms with Gasteiger partial charge in [-0.3, -0.25) is 4.90 Å². The van der Waals surface area contributed by atoms with Gasteiger partial charge in [-0.15, -0.1) is 0 Å². The Labute approximate surface area is 94.4 Å². The zero-order valence-electron chi connectivity index (χ0n) is 10.3. The van der Waals surface area contributed by atoms with Gasteiger partial charge in [0.1, 0.15) is 0 Å². The van der Waals surface area contributed by atoms with E-state index in [-0.39, 0.29) is 0 Å². The van der Waals surface area contributed by atoms with Crippen molar-refractivity contribution < 1.29 is 0 Å². The van der Waals surface area contributed by atoms with E-state index in [9.17, 15) is 0 Å². The maximum Gasteiger partial charge on any atom is 0.0207 e. The number of hydrogen-bond donors (Lipinski definition) is 1. The molecule has 0 aromatic heterocycles. The second-order valence-electron chi connectivity index (χ2n) is 5.30. The molecule has 2 rings (SSSR count). The van der Waals surface area contributed by atoms with Gasteiger partial charge < -0.3 is 5.32 Å². The summed E-state index contributed by atoms with van der Waals surface area (Å²) in [6, 6.07) is 1.61. The topological polar surface area (TPSA) is 15.3 Å². The summed E-state index contributed by atoms with van der Waals surface area (Å²) in [7, 11) is 0. The predicted molar refractivity (Wildman–Crippen MR) is 65.1 cm³/mol.